The second kappa shape index (κ2) is 4.05. The van der Waals surface area contributed by atoms with Gasteiger partial charge in [0.05, 0.1) is 0 Å². The van der Waals surface area contributed by atoms with E-state index < -0.39 is 26.3 Å². The van der Waals surface area contributed by atoms with Gasteiger partial charge in [0.15, 0.2) is 0 Å². The Hall–Kier alpha value is -0.309. The molecule has 0 aromatic heterocycles. The molecule has 0 radical (unpaired) electrons. The maximum atomic E-state index is 4.87. The van der Waals surface area contributed by atoms with Crippen LogP contribution in [0.4, 0.5) is 0 Å². The molecular weight excluding hydrogens is 222 g/mol. The lowest BCUT2D eigenvalue weighted by Gasteiger charge is -2.47. The first-order chi connectivity index (χ1) is 6.45. The van der Waals surface area contributed by atoms with Gasteiger partial charge in [-0.3, -0.25) is 0 Å². The average Bonchev–Trinajstić information content (AvgIpc) is 2.13. The molecule has 0 aliphatic carbocycles. The van der Waals surface area contributed by atoms with Crippen molar-refractivity contribution >= 4 is 26.3 Å². The van der Waals surface area contributed by atoms with Crippen molar-refractivity contribution in [2.75, 3.05) is 7.05 Å². The Morgan fingerprint density at radius 1 is 1.43 bits per heavy atom. The van der Waals surface area contributed by atoms with Crippen LogP contribution >= 0.6 is 0 Å². The minimum absolute atomic E-state index is 0.878. The fourth-order valence-corrected chi connectivity index (χ4v) is 14.4. The van der Waals surface area contributed by atoms with E-state index in [4.69, 9.17) is 4.30 Å². The van der Waals surface area contributed by atoms with Crippen LogP contribution < -0.4 is 0 Å². The summed E-state index contributed by atoms with van der Waals surface area (Å²) in [7, 11) is -1.18. The van der Waals surface area contributed by atoms with Gasteiger partial charge in [0.25, 0.3) is 8.75 Å². The molecule has 0 amide bonds. The van der Waals surface area contributed by atoms with Crippen molar-refractivity contribution in [2.24, 2.45) is 4.30 Å². The molecule has 1 unspecified atom stereocenters. The summed E-state index contributed by atoms with van der Waals surface area (Å²) in [6, 6.07) is 0. The molecule has 0 aromatic rings. The van der Waals surface area contributed by atoms with Crippen molar-refractivity contribution in [2.45, 2.75) is 19.6 Å². The highest BCUT2D eigenvalue weighted by Crippen LogP contribution is 2.21. The second-order valence-electron chi connectivity index (χ2n) is 3.98. The maximum Gasteiger partial charge on any atom is 0.254 e. The van der Waals surface area contributed by atoms with Crippen molar-refractivity contribution in [1.29, 1.82) is 0 Å². The molecule has 0 N–H and O–H groups in total. The van der Waals surface area contributed by atoms with Crippen LogP contribution in [0.5, 0.6) is 0 Å². The highest BCUT2D eigenvalue weighted by molar-refractivity contribution is 6.91. The van der Waals surface area contributed by atoms with Crippen molar-refractivity contribution < 1.29 is 0 Å². The van der Waals surface area contributed by atoms with E-state index in [2.05, 4.69) is 48.3 Å². The van der Waals surface area contributed by atoms with Gasteiger partial charge in [0.1, 0.15) is 0 Å². The van der Waals surface area contributed by atoms with Crippen LogP contribution in [0.25, 0.3) is 0 Å². The fourth-order valence-electron chi connectivity index (χ4n) is 1.72. The van der Waals surface area contributed by atoms with Gasteiger partial charge in [0, 0.05) is 0 Å². The zero-order valence-electron chi connectivity index (χ0n) is 9.49. The molecule has 1 aliphatic rings. The third-order valence-corrected chi connectivity index (χ3v) is 16.1. The summed E-state index contributed by atoms with van der Waals surface area (Å²) in [5.74, 6) is 0. The van der Waals surface area contributed by atoms with Crippen molar-refractivity contribution in [3.63, 3.8) is 0 Å². The third kappa shape index (κ3) is 1.74. The lowest BCUT2D eigenvalue weighted by Crippen LogP contribution is -2.67. The summed E-state index contributed by atoms with van der Waals surface area (Å²) in [4.78, 5) is 0. The van der Waals surface area contributed by atoms with E-state index in [-0.39, 0.29) is 0 Å². The van der Waals surface area contributed by atoms with Gasteiger partial charge in [-0.1, -0.05) is 6.58 Å². The van der Waals surface area contributed by atoms with Gasteiger partial charge in [-0.25, -0.2) is 0 Å². The molecule has 0 bridgehead atoms. The van der Waals surface area contributed by atoms with Crippen molar-refractivity contribution in [3.8, 4) is 0 Å². The average molecular weight is 242 g/mol. The Labute approximate surface area is 91.1 Å². The first kappa shape index (κ1) is 11.8. The summed E-state index contributed by atoms with van der Waals surface area (Å²) in [5.41, 5.74) is 2.03. The fraction of sp³-hybridized carbons (Fsp3) is 0.500. The minimum Gasteiger partial charge on any atom is -0.383 e. The summed E-state index contributed by atoms with van der Waals surface area (Å²) in [6.45, 7) is 14.8. The first-order valence-electron chi connectivity index (χ1n) is 4.80. The van der Waals surface area contributed by atoms with E-state index in [1.165, 1.54) is 0 Å². The predicted molar refractivity (Wildman–Crippen MR) is 68.7 cm³/mol. The zero-order chi connectivity index (χ0) is 10.9. The van der Waals surface area contributed by atoms with Gasteiger partial charge in [-0.2, -0.15) is 0 Å². The molecule has 1 heterocycles. The van der Waals surface area contributed by atoms with Gasteiger partial charge in [-0.15, -0.1) is 6.58 Å². The van der Waals surface area contributed by atoms with Crippen LogP contribution in [0.2, 0.25) is 19.6 Å². The van der Waals surface area contributed by atoms with Crippen LogP contribution in [0.15, 0.2) is 29.4 Å². The first-order valence-corrected chi connectivity index (χ1v) is 11.4. The summed E-state index contributed by atoms with van der Waals surface area (Å²) in [5, 5.41) is 0. The Kier molecular flexibility index (Phi) is 3.40. The molecule has 6 heteroatoms. The normalized spacial score (nSPS) is 27.0. The largest absolute Gasteiger partial charge is 0.383 e. The number of nitrogens with zero attached hydrogens (tertiary/aromatic N) is 3. The van der Waals surface area contributed by atoms with E-state index >= 15 is 0 Å². The summed E-state index contributed by atoms with van der Waals surface area (Å²) >= 11 is 0. The van der Waals surface area contributed by atoms with E-state index in [1.54, 1.807) is 0 Å². The lowest BCUT2D eigenvalue weighted by atomic mass is 11.1. The summed E-state index contributed by atoms with van der Waals surface area (Å²) in [6.07, 6.45) is 1.96. The van der Waals surface area contributed by atoms with Crippen molar-refractivity contribution in [3.05, 3.63) is 25.1 Å². The molecule has 0 aromatic carbocycles. The molecule has 14 heavy (non-hydrogen) atoms. The molecule has 0 spiro atoms. The highest BCUT2D eigenvalue weighted by Gasteiger charge is 2.40. The van der Waals surface area contributed by atoms with E-state index in [0.717, 1.165) is 0 Å². The topological polar surface area (TPSA) is 18.8 Å². The molecule has 0 saturated carbocycles. The van der Waals surface area contributed by atoms with E-state index in [0.29, 0.717) is 0 Å². The van der Waals surface area contributed by atoms with Gasteiger partial charge < -0.3 is 12.8 Å². The van der Waals surface area contributed by atoms with Crippen LogP contribution in [-0.2, 0) is 0 Å². The van der Waals surface area contributed by atoms with Gasteiger partial charge in [-0.05, 0) is 38.6 Å². The predicted octanol–water partition coefficient (Wildman–Crippen LogP) is 1.41. The smallest absolute Gasteiger partial charge is 0.254 e. The molecule has 0 fully saturated rings. The Bertz CT molecular complexity index is 288. The molecule has 1 rings (SSSR count). The zero-order valence-corrected chi connectivity index (χ0v) is 12.6. The van der Waals surface area contributed by atoms with Crippen molar-refractivity contribution in [1.82, 2.24) is 8.46 Å². The van der Waals surface area contributed by atoms with Crippen LogP contribution in [0, 0.1) is 0 Å². The van der Waals surface area contributed by atoms with Crippen LogP contribution in [0.1, 0.15) is 0 Å². The Morgan fingerprint density at radius 2 is 2.00 bits per heavy atom. The molecule has 1 aliphatic heterocycles. The monoisotopic (exact) mass is 241 g/mol. The molecular formula is C8H19N3Si3. The molecule has 0 saturated heterocycles. The second-order valence-corrected chi connectivity index (χ2v) is 13.8. The molecule has 78 valence electrons. The van der Waals surface area contributed by atoms with E-state index in [9.17, 15) is 0 Å². The van der Waals surface area contributed by atoms with E-state index in [1.807, 2.05) is 11.9 Å². The van der Waals surface area contributed by atoms with Gasteiger partial charge in [0.2, 0.25) is 17.5 Å². The number of hydrogen-bond donors (Lipinski definition) is 0. The lowest BCUT2D eigenvalue weighted by molar-refractivity contribution is 0.660. The number of rotatable bonds is 2. The van der Waals surface area contributed by atoms with Crippen LogP contribution in [-0.4, -0.2) is 41.8 Å². The third-order valence-electron chi connectivity index (χ3n) is 2.94. The SMILES string of the molecule is C=CN1[Si](C=C)=N[SiH](C)N(C)[Si]1(C)C. The molecule has 1 atom stereocenters. The summed E-state index contributed by atoms with van der Waals surface area (Å²) < 4.78 is 9.77. The standard InChI is InChI=1S/C8H19N3Si3/c1-7-11-13(8-2)9-12(4)10(3)14(11,5)6/h7-8,12H,1-2H2,3-6H3. The Balaban J connectivity index is 3.17. The number of hydrogen-bond acceptors (Lipinski definition) is 3. The highest BCUT2D eigenvalue weighted by atomic mass is 28.4. The minimum atomic E-state index is -1.48. The van der Waals surface area contributed by atoms with Gasteiger partial charge >= 0.3 is 0 Å². The van der Waals surface area contributed by atoms with Crippen LogP contribution in [0.3, 0.4) is 0 Å². The molecule has 3 nitrogen and oxygen atoms in total. The Morgan fingerprint density at radius 3 is 2.43 bits per heavy atom. The quantitative estimate of drug-likeness (QED) is 0.681. The maximum absolute atomic E-state index is 4.87.